The van der Waals surface area contributed by atoms with Crippen LogP contribution in [0.15, 0.2) is 29.3 Å². The minimum atomic E-state index is 0.114. The molecule has 4 nitrogen and oxygen atoms in total. The standard InChI is InChI=1S/C14H21N3O/c1-4-15-14(16-5-2)17-13-10(3)18-12-9-7-6-8-11(12)13/h6-10,13H,4-5H2,1-3H3,(H2,15,16,17). The smallest absolute Gasteiger partial charge is 0.191 e. The van der Waals surface area contributed by atoms with Crippen molar-refractivity contribution < 1.29 is 4.74 Å². The van der Waals surface area contributed by atoms with Crippen LogP contribution >= 0.6 is 0 Å². The maximum Gasteiger partial charge on any atom is 0.191 e. The van der Waals surface area contributed by atoms with Gasteiger partial charge >= 0.3 is 0 Å². The molecule has 2 unspecified atom stereocenters. The molecule has 0 aromatic heterocycles. The number of para-hydroxylation sites is 1. The predicted octanol–water partition coefficient (Wildman–Crippen LogP) is 2.08. The second-order valence-corrected chi connectivity index (χ2v) is 4.34. The van der Waals surface area contributed by atoms with Gasteiger partial charge in [0.05, 0.1) is 6.04 Å². The Balaban J connectivity index is 2.16. The molecule has 1 heterocycles. The van der Waals surface area contributed by atoms with E-state index in [-0.39, 0.29) is 12.1 Å². The van der Waals surface area contributed by atoms with Crippen LogP contribution in [0.2, 0.25) is 0 Å². The van der Waals surface area contributed by atoms with Crippen LogP contribution in [-0.2, 0) is 0 Å². The van der Waals surface area contributed by atoms with Crippen LogP contribution in [0.5, 0.6) is 5.75 Å². The van der Waals surface area contributed by atoms with Crippen LogP contribution in [-0.4, -0.2) is 25.2 Å². The number of hydrogen-bond donors (Lipinski definition) is 2. The summed E-state index contributed by atoms with van der Waals surface area (Å²) < 4.78 is 5.83. The van der Waals surface area contributed by atoms with E-state index in [2.05, 4.69) is 35.5 Å². The zero-order valence-corrected chi connectivity index (χ0v) is 11.2. The third kappa shape index (κ3) is 2.58. The van der Waals surface area contributed by atoms with E-state index in [0.717, 1.165) is 24.8 Å². The van der Waals surface area contributed by atoms with E-state index in [0.29, 0.717) is 0 Å². The van der Waals surface area contributed by atoms with Gasteiger partial charge in [-0.1, -0.05) is 18.2 Å². The molecule has 0 bridgehead atoms. The number of rotatable bonds is 3. The third-order valence-corrected chi connectivity index (χ3v) is 2.99. The van der Waals surface area contributed by atoms with Crippen LogP contribution < -0.4 is 15.4 Å². The lowest BCUT2D eigenvalue weighted by Gasteiger charge is -2.20. The zero-order chi connectivity index (χ0) is 13.0. The van der Waals surface area contributed by atoms with Crippen molar-refractivity contribution in [2.24, 2.45) is 4.99 Å². The van der Waals surface area contributed by atoms with Crippen molar-refractivity contribution in [1.82, 2.24) is 10.6 Å². The molecule has 1 aliphatic rings. The quantitative estimate of drug-likeness (QED) is 0.635. The van der Waals surface area contributed by atoms with Gasteiger partial charge in [-0.3, -0.25) is 4.99 Å². The highest BCUT2D eigenvalue weighted by Gasteiger charge is 2.31. The van der Waals surface area contributed by atoms with Gasteiger partial charge in [0.15, 0.2) is 5.96 Å². The van der Waals surface area contributed by atoms with E-state index < -0.39 is 0 Å². The first-order valence-electron chi connectivity index (χ1n) is 6.56. The van der Waals surface area contributed by atoms with Crippen molar-refractivity contribution >= 4 is 5.96 Å². The number of guanidine groups is 1. The third-order valence-electron chi connectivity index (χ3n) is 2.99. The first-order chi connectivity index (χ1) is 8.76. The Morgan fingerprint density at radius 3 is 2.83 bits per heavy atom. The van der Waals surface area contributed by atoms with Crippen molar-refractivity contribution in [3.8, 4) is 5.75 Å². The van der Waals surface area contributed by atoms with E-state index in [9.17, 15) is 0 Å². The molecule has 2 atom stereocenters. The van der Waals surface area contributed by atoms with E-state index >= 15 is 0 Å². The van der Waals surface area contributed by atoms with Gasteiger partial charge in [-0.15, -0.1) is 0 Å². The maximum absolute atomic E-state index is 5.83. The molecule has 0 saturated carbocycles. The summed E-state index contributed by atoms with van der Waals surface area (Å²) in [6.07, 6.45) is 0.114. The Morgan fingerprint density at radius 1 is 1.33 bits per heavy atom. The molecule has 0 saturated heterocycles. The average Bonchev–Trinajstić information content (AvgIpc) is 2.67. The van der Waals surface area contributed by atoms with Crippen molar-refractivity contribution in [2.75, 3.05) is 13.1 Å². The molecule has 0 radical (unpaired) electrons. The first kappa shape index (κ1) is 12.7. The number of benzene rings is 1. The normalized spacial score (nSPS) is 22.3. The van der Waals surface area contributed by atoms with Gasteiger partial charge in [-0.2, -0.15) is 0 Å². The van der Waals surface area contributed by atoms with Crippen LogP contribution in [0.1, 0.15) is 32.4 Å². The largest absolute Gasteiger partial charge is 0.488 e. The highest BCUT2D eigenvalue weighted by atomic mass is 16.5. The molecule has 0 aliphatic carbocycles. The fourth-order valence-electron chi connectivity index (χ4n) is 2.19. The summed E-state index contributed by atoms with van der Waals surface area (Å²) in [6, 6.07) is 8.31. The summed E-state index contributed by atoms with van der Waals surface area (Å²) in [6.45, 7) is 7.79. The Labute approximate surface area is 108 Å². The molecular weight excluding hydrogens is 226 g/mol. The average molecular weight is 247 g/mol. The Hall–Kier alpha value is -1.71. The number of aliphatic imine (C=N–C) groups is 1. The summed E-state index contributed by atoms with van der Waals surface area (Å²) in [5.74, 6) is 1.81. The summed E-state index contributed by atoms with van der Waals surface area (Å²) in [7, 11) is 0. The Bertz CT molecular complexity index is 431. The summed E-state index contributed by atoms with van der Waals surface area (Å²) in [5.41, 5.74) is 1.20. The molecule has 0 amide bonds. The SMILES string of the molecule is CCN=C(NCC)NC1c2ccccc2OC1C. The van der Waals surface area contributed by atoms with Gasteiger partial charge in [0, 0.05) is 18.7 Å². The summed E-state index contributed by atoms with van der Waals surface area (Å²) >= 11 is 0. The first-order valence-corrected chi connectivity index (χ1v) is 6.56. The molecular formula is C14H21N3O. The lowest BCUT2D eigenvalue weighted by molar-refractivity contribution is 0.219. The van der Waals surface area contributed by atoms with Crippen molar-refractivity contribution in [3.63, 3.8) is 0 Å². The minimum absolute atomic E-state index is 0.114. The Morgan fingerprint density at radius 2 is 2.11 bits per heavy atom. The monoisotopic (exact) mass is 247 g/mol. The van der Waals surface area contributed by atoms with E-state index in [1.807, 2.05) is 25.1 Å². The lowest BCUT2D eigenvalue weighted by Crippen LogP contribution is -2.42. The topological polar surface area (TPSA) is 45.7 Å². The van der Waals surface area contributed by atoms with Crippen LogP contribution in [0, 0.1) is 0 Å². The fraction of sp³-hybridized carbons (Fsp3) is 0.500. The van der Waals surface area contributed by atoms with Gasteiger partial charge in [-0.05, 0) is 26.8 Å². The Kier molecular flexibility index (Phi) is 4.07. The van der Waals surface area contributed by atoms with E-state index in [1.54, 1.807) is 0 Å². The molecule has 0 fully saturated rings. The van der Waals surface area contributed by atoms with Gasteiger partial charge in [0.25, 0.3) is 0 Å². The van der Waals surface area contributed by atoms with Gasteiger partial charge < -0.3 is 15.4 Å². The molecule has 1 aliphatic heterocycles. The van der Waals surface area contributed by atoms with Crippen LogP contribution in [0.3, 0.4) is 0 Å². The fourth-order valence-corrected chi connectivity index (χ4v) is 2.19. The summed E-state index contributed by atoms with van der Waals surface area (Å²) in [5, 5.41) is 6.68. The van der Waals surface area contributed by atoms with Crippen LogP contribution in [0.4, 0.5) is 0 Å². The van der Waals surface area contributed by atoms with Crippen molar-refractivity contribution in [3.05, 3.63) is 29.8 Å². The number of hydrogen-bond acceptors (Lipinski definition) is 2. The second-order valence-electron chi connectivity index (χ2n) is 4.34. The number of ether oxygens (including phenoxy) is 1. The highest BCUT2D eigenvalue weighted by molar-refractivity contribution is 5.80. The molecule has 18 heavy (non-hydrogen) atoms. The van der Waals surface area contributed by atoms with Crippen LogP contribution in [0.25, 0.3) is 0 Å². The molecule has 1 aromatic carbocycles. The number of fused-ring (bicyclic) bond motifs is 1. The van der Waals surface area contributed by atoms with E-state index in [4.69, 9.17) is 4.74 Å². The number of nitrogens with one attached hydrogen (secondary N) is 2. The lowest BCUT2D eigenvalue weighted by atomic mass is 10.1. The summed E-state index contributed by atoms with van der Waals surface area (Å²) in [4.78, 5) is 4.42. The maximum atomic E-state index is 5.83. The minimum Gasteiger partial charge on any atom is -0.488 e. The van der Waals surface area contributed by atoms with Gasteiger partial charge in [-0.25, -0.2) is 0 Å². The van der Waals surface area contributed by atoms with Gasteiger partial charge in [0.1, 0.15) is 11.9 Å². The zero-order valence-electron chi connectivity index (χ0n) is 11.2. The predicted molar refractivity (Wildman–Crippen MR) is 74.1 cm³/mol. The molecule has 2 rings (SSSR count). The van der Waals surface area contributed by atoms with E-state index in [1.165, 1.54) is 5.56 Å². The van der Waals surface area contributed by atoms with Gasteiger partial charge in [0.2, 0.25) is 0 Å². The molecule has 4 heteroatoms. The van der Waals surface area contributed by atoms with Crippen molar-refractivity contribution in [1.29, 1.82) is 0 Å². The molecule has 98 valence electrons. The molecule has 2 N–H and O–H groups in total. The number of nitrogens with zero attached hydrogens (tertiary/aromatic N) is 1. The molecule has 1 aromatic rings. The highest BCUT2D eigenvalue weighted by Crippen LogP contribution is 2.35. The second kappa shape index (κ2) is 5.76. The van der Waals surface area contributed by atoms with Crippen molar-refractivity contribution in [2.45, 2.75) is 32.9 Å². The molecule has 0 spiro atoms.